The molecule has 2 aromatic carbocycles. The zero-order valence-electron chi connectivity index (χ0n) is 14.8. The van der Waals surface area contributed by atoms with Crippen LogP contribution in [-0.2, 0) is 6.54 Å². The molecule has 27 heavy (non-hydrogen) atoms. The zero-order valence-corrected chi connectivity index (χ0v) is 15.6. The molecule has 1 fully saturated rings. The average Bonchev–Trinajstić information content (AvgIpc) is 3.36. The third kappa shape index (κ3) is 3.24. The van der Waals surface area contributed by atoms with Crippen molar-refractivity contribution in [2.75, 3.05) is 33.0 Å². The van der Waals surface area contributed by atoms with E-state index in [9.17, 15) is 4.79 Å². The molecular formula is C20H19N3O3S. The second-order valence-electron chi connectivity index (χ2n) is 6.79. The number of benzene rings is 2. The summed E-state index contributed by atoms with van der Waals surface area (Å²) in [7, 11) is 0. The van der Waals surface area contributed by atoms with Crippen LogP contribution in [0.5, 0.6) is 11.5 Å². The molecule has 7 heteroatoms. The summed E-state index contributed by atoms with van der Waals surface area (Å²) in [5, 5.41) is 0. The zero-order chi connectivity index (χ0) is 18.2. The second kappa shape index (κ2) is 6.83. The minimum atomic E-state index is 0.105. The van der Waals surface area contributed by atoms with E-state index in [0.29, 0.717) is 6.79 Å². The molecule has 0 spiro atoms. The highest BCUT2D eigenvalue weighted by molar-refractivity contribution is 7.16. The molecule has 0 radical (unpaired) electrons. The number of nitrogens with zero attached hydrogens (tertiary/aromatic N) is 3. The molecule has 0 atom stereocenters. The van der Waals surface area contributed by atoms with Crippen LogP contribution in [0.4, 0.5) is 0 Å². The molecule has 2 aliphatic heterocycles. The number of hydrogen-bond acceptors (Lipinski definition) is 6. The topological polar surface area (TPSA) is 54.9 Å². The minimum absolute atomic E-state index is 0.105. The van der Waals surface area contributed by atoms with Gasteiger partial charge in [0.25, 0.3) is 5.91 Å². The van der Waals surface area contributed by atoms with Gasteiger partial charge in [-0.05, 0) is 35.9 Å². The van der Waals surface area contributed by atoms with Gasteiger partial charge in [0.1, 0.15) is 0 Å². The van der Waals surface area contributed by atoms with Crippen molar-refractivity contribution in [3.8, 4) is 11.5 Å². The first-order valence-electron chi connectivity index (χ1n) is 9.00. The fraction of sp³-hybridized carbons (Fsp3) is 0.300. The number of carbonyl (C=O) groups excluding carboxylic acids is 1. The van der Waals surface area contributed by atoms with Crippen LogP contribution in [0.3, 0.4) is 0 Å². The summed E-state index contributed by atoms with van der Waals surface area (Å²) in [6.07, 6.45) is 0. The molecule has 2 aliphatic rings. The Morgan fingerprint density at radius 1 is 1.04 bits per heavy atom. The van der Waals surface area contributed by atoms with E-state index >= 15 is 0 Å². The van der Waals surface area contributed by atoms with Crippen molar-refractivity contribution in [2.45, 2.75) is 6.54 Å². The quantitative estimate of drug-likeness (QED) is 0.698. The van der Waals surface area contributed by atoms with Crippen molar-refractivity contribution in [2.24, 2.45) is 0 Å². The van der Waals surface area contributed by atoms with Gasteiger partial charge in [0.05, 0.1) is 15.7 Å². The van der Waals surface area contributed by atoms with Crippen LogP contribution in [0.15, 0.2) is 41.9 Å². The number of carbonyl (C=O) groups is 1. The van der Waals surface area contributed by atoms with Crippen molar-refractivity contribution in [3.05, 3.63) is 53.0 Å². The van der Waals surface area contributed by atoms with Gasteiger partial charge in [0.2, 0.25) is 6.79 Å². The molecule has 6 nitrogen and oxygen atoms in total. The van der Waals surface area contributed by atoms with Gasteiger partial charge in [-0.3, -0.25) is 9.69 Å². The van der Waals surface area contributed by atoms with Crippen molar-refractivity contribution in [1.29, 1.82) is 0 Å². The van der Waals surface area contributed by atoms with E-state index in [1.165, 1.54) is 5.56 Å². The maximum atomic E-state index is 12.8. The van der Waals surface area contributed by atoms with Gasteiger partial charge < -0.3 is 14.4 Å². The average molecular weight is 381 g/mol. The lowest BCUT2D eigenvalue weighted by molar-refractivity contribution is 0.0628. The van der Waals surface area contributed by atoms with E-state index in [2.05, 4.69) is 16.0 Å². The number of hydrogen-bond donors (Lipinski definition) is 0. The molecule has 0 N–H and O–H groups in total. The fourth-order valence-corrected chi connectivity index (χ4v) is 4.29. The molecule has 0 bridgehead atoms. The second-order valence-corrected chi connectivity index (χ2v) is 7.68. The van der Waals surface area contributed by atoms with Crippen LogP contribution in [0, 0.1) is 0 Å². The van der Waals surface area contributed by atoms with E-state index in [1.807, 2.05) is 40.7 Å². The highest BCUT2D eigenvalue weighted by Crippen LogP contribution is 2.32. The maximum Gasteiger partial charge on any atom is 0.253 e. The number of thiazole rings is 1. The van der Waals surface area contributed by atoms with Crippen LogP contribution in [0.2, 0.25) is 0 Å². The van der Waals surface area contributed by atoms with E-state index < -0.39 is 0 Å². The lowest BCUT2D eigenvalue weighted by atomic mass is 10.1. The molecule has 3 aromatic rings. The summed E-state index contributed by atoms with van der Waals surface area (Å²) in [6, 6.07) is 11.8. The van der Waals surface area contributed by atoms with Gasteiger partial charge in [-0.2, -0.15) is 0 Å². The Bertz CT molecular complexity index is 995. The molecule has 3 heterocycles. The standard InChI is InChI=1S/C20H19N3O3S/c24-20(15-2-3-16-19(10-15)27-12-21-16)23-7-5-22(6-8-23)11-14-1-4-17-18(9-14)26-13-25-17/h1-4,9-10,12H,5-8,11,13H2. The lowest BCUT2D eigenvalue weighted by Gasteiger charge is -2.34. The molecule has 0 unspecified atom stereocenters. The first kappa shape index (κ1) is 16.5. The summed E-state index contributed by atoms with van der Waals surface area (Å²) in [4.78, 5) is 21.4. The summed E-state index contributed by atoms with van der Waals surface area (Å²) < 4.78 is 11.9. The van der Waals surface area contributed by atoms with E-state index in [0.717, 1.165) is 60.0 Å². The summed E-state index contributed by atoms with van der Waals surface area (Å²) in [6.45, 7) is 4.36. The van der Waals surface area contributed by atoms with E-state index in [4.69, 9.17) is 9.47 Å². The summed E-state index contributed by atoms with van der Waals surface area (Å²) >= 11 is 1.57. The fourth-order valence-electron chi connectivity index (χ4n) is 3.58. The van der Waals surface area contributed by atoms with Gasteiger partial charge in [0, 0.05) is 38.3 Å². The van der Waals surface area contributed by atoms with Crippen molar-refractivity contribution >= 4 is 27.5 Å². The van der Waals surface area contributed by atoms with Gasteiger partial charge in [0.15, 0.2) is 11.5 Å². The van der Waals surface area contributed by atoms with Crippen molar-refractivity contribution in [1.82, 2.24) is 14.8 Å². The number of ether oxygens (including phenoxy) is 2. The van der Waals surface area contributed by atoms with E-state index in [-0.39, 0.29) is 5.91 Å². The Morgan fingerprint density at radius 3 is 2.78 bits per heavy atom. The monoisotopic (exact) mass is 381 g/mol. The van der Waals surface area contributed by atoms with Crippen molar-refractivity contribution < 1.29 is 14.3 Å². The molecular weight excluding hydrogens is 362 g/mol. The Morgan fingerprint density at radius 2 is 1.89 bits per heavy atom. The maximum absolute atomic E-state index is 12.8. The molecule has 1 aromatic heterocycles. The first-order valence-corrected chi connectivity index (χ1v) is 9.88. The first-order chi connectivity index (χ1) is 13.3. The van der Waals surface area contributed by atoms with E-state index in [1.54, 1.807) is 11.3 Å². The van der Waals surface area contributed by atoms with Gasteiger partial charge in [-0.15, -0.1) is 11.3 Å². The number of amides is 1. The number of piperazine rings is 1. The highest BCUT2D eigenvalue weighted by atomic mass is 32.1. The predicted octanol–water partition coefficient (Wildman–Crippen LogP) is 2.98. The Balaban J connectivity index is 1.21. The van der Waals surface area contributed by atoms with Crippen LogP contribution in [0.1, 0.15) is 15.9 Å². The molecule has 0 saturated carbocycles. The number of fused-ring (bicyclic) bond motifs is 2. The normalized spacial score (nSPS) is 16.8. The third-order valence-corrected chi connectivity index (χ3v) is 5.87. The van der Waals surface area contributed by atoms with Gasteiger partial charge in [-0.25, -0.2) is 4.98 Å². The Labute approximate surface area is 160 Å². The molecule has 1 saturated heterocycles. The predicted molar refractivity (Wildman–Crippen MR) is 103 cm³/mol. The molecule has 138 valence electrons. The van der Waals surface area contributed by atoms with Crippen LogP contribution in [-0.4, -0.2) is 53.7 Å². The third-order valence-electron chi connectivity index (χ3n) is 5.08. The minimum Gasteiger partial charge on any atom is -0.454 e. The highest BCUT2D eigenvalue weighted by Gasteiger charge is 2.23. The lowest BCUT2D eigenvalue weighted by Crippen LogP contribution is -2.48. The SMILES string of the molecule is O=C(c1ccc2ncsc2c1)N1CCN(Cc2ccc3c(c2)OCO3)CC1. The Kier molecular flexibility index (Phi) is 4.18. The van der Waals surface area contributed by atoms with Crippen LogP contribution < -0.4 is 9.47 Å². The van der Waals surface area contributed by atoms with Crippen LogP contribution >= 0.6 is 11.3 Å². The Hall–Kier alpha value is -2.64. The molecule has 5 rings (SSSR count). The van der Waals surface area contributed by atoms with Crippen molar-refractivity contribution in [3.63, 3.8) is 0 Å². The summed E-state index contributed by atoms with van der Waals surface area (Å²) in [5.74, 6) is 1.74. The largest absolute Gasteiger partial charge is 0.454 e. The number of rotatable bonds is 3. The van der Waals surface area contributed by atoms with Gasteiger partial charge in [-0.1, -0.05) is 6.07 Å². The van der Waals surface area contributed by atoms with Crippen LogP contribution in [0.25, 0.3) is 10.2 Å². The van der Waals surface area contributed by atoms with Gasteiger partial charge >= 0.3 is 0 Å². The molecule has 0 aliphatic carbocycles. The smallest absolute Gasteiger partial charge is 0.253 e. The molecule has 1 amide bonds. The number of aromatic nitrogens is 1. The summed E-state index contributed by atoms with van der Waals surface area (Å²) in [5.41, 5.74) is 4.71.